The van der Waals surface area contributed by atoms with Crippen LogP contribution in [0.1, 0.15) is 55.1 Å². The summed E-state index contributed by atoms with van der Waals surface area (Å²) in [5.41, 5.74) is 2.64. The summed E-state index contributed by atoms with van der Waals surface area (Å²) in [6.07, 6.45) is 0. The Morgan fingerprint density at radius 3 is 2.48 bits per heavy atom. The Bertz CT molecular complexity index is 710. The lowest BCUT2D eigenvalue weighted by molar-refractivity contribution is 0.0955. The van der Waals surface area contributed by atoms with E-state index in [4.69, 9.17) is 9.47 Å². The highest BCUT2D eigenvalue weighted by molar-refractivity contribution is 5.94. The van der Waals surface area contributed by atoms with Crippen molar-refractivity contribution in [1.82, 2.24) is 5.32 Å². The van der Waals surface area contributed by atoms with Gasteiger partial charge in [0.1, 0.15) is 18.1 Å². The van der Waals surface area contributed by atoms with Gasteiger partial charge in [0.25, 0.3) is 5.91 Å². The van der Waals surface area contributed by atoms with Gasteiger partial charge >= 0.3 is 0 Å². The van der Waals surface area contributed by atoms with Crippen LogP contribution < -0.4 is 14.8 Å². The lowest BCUT2D eigenvalue weighted by Crippen LogP contribution is -2.22. The van der Waals surface area contributed by atoms with Crippen LogP contribution in [0.2, 0.25) is 0 Å². The van der Waals surface area contributed by atoms with Gasteiger partial charge in [-0.05, 0) is 49.6 Å². The minimum absolute atomic E-state index is 0.0885. The van der Waals surface area contributed by atoms with Crippen molar-refractivity contribution in [1.29, 1.82) is 0 Å². The highest BCUT2D eigenvalue weighted by Gasteiger charge is 2.12. The molecule has 0 radical (unpaired) electrons. The zero-order valence-electron chi connectivity index (χ0n) is 15.5. The maximum absolute atomic E-state index is 12.1. The lowest BCUT2D eigenvalue weighted by atomic mass is 10.0. The summed E-state index contributed by atoms with van der Waals surface area (Å²) in [6.45, 7) is 9.64. The number of carbonyl (C=O) groups is 1. The van der Waals surface area contributed by atoms with Gasteiger partial charge in [-0.25, -0.2) is 0 Å². The molecule has 0 saturated heterocycles. The van der Waals surface area contributed by atoms with Gasteiger partial charge in [-0.2, -0.15) is 0 Å². The number of para-hydroxylation sites is 1. The first-order valence-electron chi connectivity index (χ1n) is 8.82. The van der Waals surface area contributed by atoms with Gasteiger partial charge in [-0.15, -0.1) is 0 Å². The van der Waals surface area contributed by atoms with Crippen LogP contribution in [0.3, 0.4) is 0 Å². The fourth-order valence-electron chi connectivity index (χ4n) is 2.64. The zero-order valence-corrected chi connectivity index (χ0v) is 15.5. The molecule has 0 atom stereocenters. The first-order valence-corrected chi connectivity index (χ1v) is 8.82. The average Bonchev–Trinajstić information content (AvgIpc) is 2.61. The smallest absolute Gasteiger partial charge is 0.251 e. The molecule has 2 aromatic carbocycles. The molecule has 2 rings (SSSR count). The van der Waals surface area contributed by atoms with Crippen molar-refractivity contribution >= 4 is 5.91 Å². The van der Waals surface area contributed by atoms with Crippen LogP contribution in [0.4, 0.5) is 0 Å². The minimum atomic E-state index is -0.0885. The van der Waals surface area contributed by atoms with Gasteiger partial charge in [0.2, 0.25) is 0 Å². The molecule has 0 bridgehead atoms. The Morgan fingerprint density at radius 2 is 1.80 bits per heavy atom. The summed E-state index contributed by atoms with van der Waals surface area (Å²) in [5, 5.41) is 2.82. The van der Waals surface area contributed by atoms with Crippen molar-refractivity contribution in [3.05, 3.63) is 59.2 Å². The maximum Gasteiger partial charge on any atom is 0.251 e. The standard InChI is InChI=1S/C21H27NO3/c1-5-22-21(23)16-11-12-19(24-6-2)17(13-16)14-25-20-10-8-7-9-18(20)15(3)4/h7-13,15H,5-6,14H2,1-4H3,(H,22,23). The van der Waals surface area contributed by atoms with Crippen molar-refractivity contribution in [2.75, 3.05) is 13.2 Å². The fourth-order valence-corrected chi connectivity index (χ4v) is 2.64. The Labute approximate surface area is 150 Å². The van der Waals surface area contributed by atoms with Crippen molar-refractivity contribution in [3.63, 3.8) is 0 Å². The Kier molecular flexibility index (Phi) is 6.87. The summed E-state index contributed by atoms with van der Waals surface area (Å²) in [7, 11) is 0. The van der Waals surface area contributed by atoms with E-state index in [-0.39, 0.29) is 5.91 Å². The topological polar surface area (TPSA) is 47.6 Å². The van der Waals surface area contributed by atoms with Crippen molar-refractivity contribution < 1.29 is 14.3 Å². The Morgan fingerprint density at radius 1 is 1.04 bits per heavy atom. The lowest BCUT2D eigenvalue weighted by Gasteiger charge is -2.16. The SMILES string of the molecule is CCNC(=O)c1ccc(OCC)c(COc2ccccc2C(C)C)c1. The third-order valence-corrected chi connectivity index (χ3v) is 3.88. The van der Waals surface area contributed by atoms with Gasteiger partial charge in [-0.1, -0.05) is 32.0 Å². The molecule has 1 amide bonds. The molecular formula is C21H27NO3. The molecule has 0 spiro atoms. The number of nitrogens with one attached hydrogen (secondary N) is 1. The van der Waals surface area contributed by atoms with Crippen LogP contribution in [0.5, 0.6) is 11.5 Å². The molecule has 0 unspecified atom stereocenters. The van der Waals surface area contributed by atoms with Crippen molar-refractivity contribution in [3.8, 4) is 11.5 Å². The molecule has 0 fully saturated rings. The number of amides is 1. The number of carbonyl (C=O) groups excluding carboxylic acids is 1. The quantitative estimate of drug-likeness (QED) is 0.767. The van der Waals surface area contributed by atoms with Crippen LogP contribution in [0.15, 0.2) is 42.5 Å². The average molecular weight is 341 g/mol. The van der Waals surface area contributed by atoms with Gasteiger partial charge in [0.05, 0.1) is 6.61 Å². The molecular weight excluding hydrogens is 314 g/mol. The van der Waals surface area contributed by atoms with E-state index in [9.17, 15) is 4.79 Å². The van der Waals surface area contributed by atoms with Crippen molar-refractivity contribution in [2.24, 2.45) is 0 Å². The molecule has 0 aromatic heterocycles. The van der Waals surface area contributed by atoms with E-state index in [1.54, 1.807) is 6.07 Å². The van der Waals surface area contributed by atoms with Gasteiger partial charge in [-0.3, -0.25) is 4.79 Å². The molecule has 25 heavy (non-hydrogen) atoms. The van der Waals surface area contributed by atoms with Crippen LogP contribution in [0.25, 0.3) is 0 Å². The second-order valence-electron chi connectivity index (χ2n) is 6.10. The Balaban J connectivity index is 2.24. The molecule has 0 aliphatic rings. The normalized spacial score (nSPS) is 10.6. The van der Waals surface area contributed by atoms with Crippen LogP contribution in [0, 0.1) is 0 Å². The van der Waals surface area contributed by atoms with Crippen LogP contribution >= 0.6 is 0 Å². The van der Waals surface area contributed by atoms with Gasteiger partial charge < -0.3 is 14.8 Å². The largest absolute Gasteiger partial charge is 0.493 e. The van der Waals surface area contributed by atoms with Crippen LogP contribution in [-0.4, -0.2) is 19.1 Å². The van der Waals surface area contributed by atoms with E-state index < -0.39 is 0 Å². The number of hydrogen-bond donors (Lipinski definition) is 1. The summed E-state index contributed by atoms with van der Waals surface area (Å²) < 4.78 is 11.7. The first kappa shape index (κ1) is 18.8. The number of ether oxygens (including phenoxy) is 2. The van der Waals surface area contributed by atoms with E-state index in [1.165, 1.54) is 5.56 Å². The van der Waals surface area contributed by atoms with E-state index in [0.717, 1.165) is 17.1 Å². The van der Waals surface area contributed by atoms with Crippen molar-refractivity contribution in [2.45, 2.75) is 40.2 Å². The van der Waals surface area contributed by atoms with Gasteiger partial charge in [0, 0.05) is 17.7 Å². The number of hydrogen-bond acceptors (Lipinski definition) is 3. The molecule has 0 heterocycles. The monoisotopic (exact) mass is 341 g/mol. The van der Waals surface area contributed by atoms with E-state index in [2.05, 4.69) is 25.2 Å². The second-order valence-corrected chi connectivity index (χ2v) is 6.10. The number of benzene rings is 2. The van der Waals surface area contributed by atoms with Gasteiger partial charge in [0.15, 0.2) is 0 Å². The van der Waals surface area contributed by atoms with E-state index in [1.807, 2.05) is 44.2 Å². The van der Waals surface area contributed by atoms with Crippen LogP contribution in [-0.2, 0) is 6.61 Å². The summed E-state index contributed by atoms with van der Waals surface area (Å²) in [6, 6.07) is 13.5. The molecule has 0 aliphatic heterocycles. The maximum atomic E-state index is 12.1. The molecule has 2 aromatic rings. The molecule has 134 valence electrons. The zero-order chi connectivity index (χ0) is 18.2. The molecule has 1 N–H and O–H groups in total. The first-order chi connectivity index (χ1) is 12.1. The predicted octanol–water partition coefficient (Wildman–Crippen LogP) is 4.54. The summed E-state index contributed by atoms with van der Waals surface area (Å²) in [4.78, 5) is 12.1. The fraction of sp³-hybridized carbons (Fsp3) is 0.381. The third kappa shape index (κ3) is 4.99. The molecule has 4 heteroatoms. The highest BCUT2D eigenvalue weighted by Crippen LogP contribution is 2.28. The second kappa shape index (κ2) is 9.11. The van der Waals surface area contributed by atoms with E-state index in [0.29, 0.717) is 31.2 Å². The molecule has 0 saturated carbocycles. The third-order valence-electron chi connectivity index (χ3n) is 3.88. The minimum Gasteiger partial charge on any atom is -0.493 e. The molecule has 4 nitrogen and oxygen atoms in total. The highest BCUT2D eigenvalue weighted by atomic mass is 16.5. The summed E-state index contributed by atoms with van der Waals surface area (Å²) >= 11 is 0. The summed E-state index contributed by atoms with van der Waals surface area (Å²) in [5.74, 6) is 1.90. The number of rotatable bonds is 8. The Hall–Kier alpha value is -2.49. The predicted molar refractivity (Wildman–Crippen MR) is 100 cm³/mol. The molecule has 0 aliphatic carbocycles. The van der Waals surface area contributed by atoms with E-state index >= 15 is 0 Å².